The Kier molecular flexibility index (Phi) is 7.67. The van der Waals surface area contributed by atoms with E-state index < -0.39 is 6.04 Å². The molecule has 1 N–H and O–H groups in total. The molecule has 27 heavy (non-hydrogen) atoms. The second-order valence-corrected chi connectivity index (χ2v) is 6.04. The summed E-state index contributed by atoms with van der Waals surface area (Å²) < 4.78 is 10.7. The lowest BCUT2D eigenvalue weighted by atomic mass is 10.1. The van der Waals surface area contributed by atoms with Gasteiger partial charge in [-0.3, -0.25) is 9.59 Å². The molecule has 6 nitrogen and oxygen atoms in total. The molecule has 2 rings (SSSR count). The van der Waals surface area contributed by atoms with Gasteiger partial charge in [0.05, 0.1) is 7.11 Å². The van der Waals surface area contributed by atoms with Crippen molar-refractivity contribution >= 4 is 11.8 Å². The third-order valence-electron chi connectivity index (χ3n) is 4.14. The van der Waals surface area contributed by atoms with Gasteiger partial charge in [0, 0.05) is 13.1 Å². The molecule has 2 aromatic carbocycles. The summed E-state index contributed by atoms with van der Waals surface area (Å²) in [5, 5.41) is 2.76. The molecule has 0 aliphatic rings. The van der Waals surface area contributed by atoms with Crippen LogP contribution in [0.25, 0.3) is 0 Å². The maximum absolute atomic E-state index is 12.8. The third kappa shape index (κ3) is 6.02. The van der Waals surface area contributed by atoms with Gasteiger partial charge in [-0.25, -0.2) is 0 Å². The van der Waals surface area contributed by atoms with Gasteiger partial charge in [-0.05, 0) is 43.7 Å². The molecule has 0 aliphatic heterocycles. The third-order valence-corrected chi connectivity index (χ3v) is 4.14. The molecule has 0 heterocycles. The topological polar surface area (TPSA) is 67.9 Å². The number of nitrogens with zero attached hydrogens (tertiary/aromatic N) is 1. The van der Waals surface area contributed by atoms with Crippen molar-refractivity contribution in [1.29, 1.82) is 0 Å². The van der Waals surface area contributed by atoms with Gasteiger partial charge in [0.1, 0.15) is 17.5 Å². The molecule has 0 aromatic heterocycles. The van der Waals surface area contributed by atoms with E-state index in [1.807, 2.05) is 49.4 Å². The fourth-order valence-corrected chi connectivity index (χ4v) is 2.58. The first-order chi connectivity index (χ1) is 13.0. The maximum atomic E-state index is 12.8. The molecule has 144 valence electrons. The van der Waals surface area contributed by atoms with E-state index in [4.69, 9.17) is 9.47 Å². The number of hydrogen-bond acceptors (Lipinski definition) is 4. The molecule has 2 aromatic rings. The minimum absolute atomic E-state index is 0.135. The van der Waals surface area contributed by atoms with E-state index in [9.17, 15) is 9.59 Å². The van der Waals surface area contributed by atoms with Crippen LogP contribution in [0.4, 0.5) is 0 Å². The number of rotatable bonds is 9. The summed E-state index contributed by atoms with van der Waals surface area (Å²) in [7, 11) is 1.60. The highest BCUT2D eigenvalue weighted by Gasteiger charge is 2.26. The van der Waals surface area contributed by atoms with Gasteiger partial charge in [0.2, 0.25) is 5.91 Å². The van der Waals surface area contributed by atoms with Crippen LogP contribution in [0.2, 0.25) is 0 Å². The highest BCUT2D eigenvalue weighted by Crippen LogP contribution is 2.15. The van der Waals surface area contributed by atoms with Crippen LogP contribution in [-0.2, 0) is 16.1 Å². The first-order valence-electron chi connectivity index (χ1n) is 8.93. The molecule has 0 aliphatic carbocycles. The number of carbonyl (C=O) groups excluding carboxylic acids is 2. The second-order valence-electron chi connectivity index (χ2n) is 6.04. The van der Waals surface area contributed by atoms with E-state index in [0.717, 1.165) is 11.3 Å². The highest BCUT2D eigenvalue weighted by molar-refractivity contribution is 5.87. The average Bonchev–Trinajstić information content (AvgIpc) is 2.71. The number of methoxy groups -OCH3 is 1. The van der Waals surface area contributed by atoms with Crippen LogP contribution in [0, 0.1) is 0 Å². The number of nitrogens with one attached hydrogen (secondary N) is 1. The number of carbonyl (C=O) groups is 2. The molecule has 0 saturated carbocycles. The molecule has 2 amide bonds. The monoisotopic (exact) mass is 370 g/mol. The molecular formula is C21H26N2O4. The minimum atomic E-state index is -0.612. The molecule has 1 atom stereocenters. The molecular weight excluding hydrogens is 344 g/mol. The smallest absolute Gasteiger partial charge is 0.261 e. The lowest BCUT2D eigenvalue weighted by Crippen LogP contribution is -2.49. The van der Waals surface area contributed by atoms with Gasteiger partial charge in [-0.15, -0.1) is 0 Å². The number of amides is 2. The van der Waals surface area contributed by atoms with Crippen molar-refractivity contribution in [3.8, 4) is 11.5 Å². The predicted octanol–water partition coefficient (Wildman–Crippen LogP) is 2.63. The zero-order valence-electron chi connectivity index (χ0n) is 16.0. The number of para-hydroxylation sites is 1. The van der Waals surface area contributed by atoms with Gasteiger partial charge in [-0.1, -0.05) is 30.3 Å². The first kappa shape index (κ1) is 20.3. The highest BCUT2D eigenvalue weighted by atomic mass is 16.5. The molecule has 0 radical (unpaired) electrons. The van der Waals surface area contributed by atoms with Crippen molar-refractivity contribution < 1.29 is 19.1 Å². The molecule has 0 bridgehead atoms. The molecule has 0 saturated heterocycles. The summed E-state index contributed by atoms with van der Waals surface area (Å²) >= 11 is 0. The van der Waals surface area contributed by atoms with Crippen molar-refractivity contribution in [2.45, 2.75) is 26.4 Å². The van der Waals surface area contributed by atoms with E-state index in [0.29, 0.717) is 18.8 Å². The molecule has 6 heteroatoms. The van der Waals surface area contributed by atoms with Crippen LogP contribution in [0.3, 0.4) is 0 Å². The first-order valence-corrected chi connectivity index (χ1v) is 8.93. The largest absolute Gasteiger partial charge is 0.497 e. The average molecular weight is 370 g/mol. The molecule has 0 unspecified atom stereocenters. The van der Waals surface area contributed by atoms with Crippen LogP contribution < -0.4 is 14.8 Å². The Labute approximate surface area is 160 Å². The summed E-state index contributed by atoms with van der Waals surface area (Å²) in [6, 6.07) is 15.9. The van der Waals surface area contributed by atoms with Crippen molar-refractivity contribution in [1.82, 2.24) is 10.2 Å². The standard InChI is InChI=1S/C21H26N2O4/c1-4-22-21(25)16(2)23(14-17-10-12-18(26-3)13-11-17)20(24)15-27-19-8-6-5-7-9-19/h5-13,16H,4,14-15H2,1-3H3,(H,22,25)/t16-/m1/s1. The fraction of sp³-hybridized carbons (Fsp3) is 0.333. The van der Waals surface area contributed by atoms with Gasteiger partial charge in [0.15, 0.2) is 6.61 Å². The Morgan fingerprint density at radius 2 is 1.70 bits per heavy atom. The zero-order chi connectivity index (χ0) is 19.6. The Morgan fingerprint density at radius 1 is 1.04 bits per heavy atom. The van der Waals surface area contributed by atoms with Gasteiger partial charge in [-0.2, -0.15) is 0 Å². The SMILES string of the molecule is CCNC(=O)[C@@H](C)N(Cc1ccc(OC)cc1)C(=O)COc1ccccc1. The Morgan fingerprint density at radius 3 is 2.30 bits per heavy atom. The number of hydrogen-bond donors (Lipinski definition) is 1. The Hall–Kier alpha value is -3.02. The summed E-state index contributed by atoms with van der Waals surface area (Å²) in [6.07, 6.45) is 0. The van der Waals surface area contributed by atoms with E-state index in [1.54, 1.807) is 26.2 Å². The Balaban J connectivity index is 2.11. The van der Waals surface area contributed by atoms with Crippen molar-refractivity contribution in [2.24, 2.45) is 0 Å². The number of ether oxygens (including phenoxy) is 2. The molecule has 0 spiro atoms. The minimum Gasteiger partial charge on any atom is -0.497 e. The lowest BCUT2D eigenvalue weighted by Gasteiger charge is -2.28. The van der Waals surface area contributed by atoms with E-state index in [1.165, 1.54) is 4.90 Å². The predicted molar refractivity (Wildman–Crippen MR) is 104 cm³/mol. The molecule has 0 fully saturated rings. The van der Waals surface area contributed by atoms with Gasteiger partial charge < -0.3 is 19.7 Å². The van der Waals surface area contributed by atoms with Crippen LogP contribution in [0.5, 0.6) is 11.5 Å². The number of benzene rings is 2. The van der Waals surface area contributed by atoms with Crippen molar-refractivity contribution in [3.63, 3.8) is 0 Å². The van der Waals surface area contributed by atoms with E-state index in [-0.39, 0.29) is 18.4 Å². The second kappa shape index (κ2) is 10.2. The quantitative estimate of drug-likeness (QED) is 0.737. The van der Waals surface area contributed by atoms with E-state index in [2.05, 4.69) is 5.32 Å². The van der Waals surface area contributed by atoms with Crippen LogP contribution in [0.15, 0.2) is 54.6 Å². The van der Waals surface area contributed by atoms with Gasteiger partial charge >= 0.3 is 0 Å². The zero-order valence-corrected chi connectivity index (χ0v) is 16.0. The number of likely N-dealkylation sites (N-methyl/N-ethyl adjacent to an activating group) is 1. The van der Waals surface area contributed by atoms with Gasteiger partial charge in [0.25, 0.3) is 5.91 Å². The fourth-order valence-electron chi connectivity index (χ4n) is 2.58. The van der Waals surface area contributed by atoms with Crippen LogP contribution in [-0.4, -0.2) is 43.0 Å². The summed E-state index contributed by atoms with van der Waals surface area (Å²) in [5.41, 5.74) is 0.903. The summed E-state index contributed by atoms with van der Waals surface area (Å²) in [6.45, 7) is 4.24. The summed E-state index contributed by atoms with van der Waals surface area (Å²) in [4.78, 5) is 26.6. The normalized spacial score (nSPS) is 11.4. The lowest BCUT2D eigenvalue weighted by molar-refractivity contribution is -0.142. The van der Waals surface area contributed by atoms with Crippen molar-refractivity contribution in [3.05, 3.63) is 60.2 Å². The van der Waals surface area contributed by atoms with E-state index >= 15 is 0 Å². The van der Waals surface area contributed by atoms with Crippen LogP contribution >= 0.6 is 0 Å². The summed E-state index contributed by atoms with van der Waals surface area (Å²) in [5.74, 6) is 0.897. The van der Waals surface area contributed by atoms with Crippen LogP contribution in [0.1, 0.15) is 19.4 Å². The van der Waals surface area contributed by atoms with Crippen molar-refractivity contribution in [2.75, 3.05) is 20.3 Å². The Bertz CT molecular complexity index is 732. The maximum Gasteiger partial charge on any atom is 0.261 e.